The second-order valence-corrected chi connectivity index (χ2v) is 7.63. The fraction of sp³-hybridized carbons (Fsp3) is 0.280. The molecule has 35 heavy (non-hydrogen) atoms. The Labute approximate surface area is 202 Å². The Morgan fingerprint density at radius 3 is 2.29 bits per heavy atom. The summed E-state index contributed by atoms with van der Waals surface area (Å²) in [6.07, 6.45) is 1.69. The van der Waals surface area contributed by atoms with Gasteiger partial charge >= 0.3 is 5.97 Å². The Balaban J connectivity index is 1.86. The summed E-state index contributed by atoms with van der Waals surface area (Å²) in [6.45, 7) is 0.0679. The summed E-state index contributed by atoms with van der Waals surface area (Å²) >= 11 is 0. The Morgan fingerprint density at radius 1 is 1.00 bits per heavy atom. The highest BCUT2D eigenvalue weighted by molar-refractivity contribution is 6.23. The van der Waals surface area contributed by atoms with Crippen molar-refractivity contribution in [3.8, 4) is 17.2 Å². The Hall–Kier alpha value is -4.34. The smallest absolute Gasteiger partial charge is 0.328 e. The Kier molecular flexibility index (Phi) is 8.08. The molecule has 1 heterocycles. The van der Waals surface area contributed by atoms with Gasteiger partial charge in [-0.3, -0.25) is 14.4 Å². The summed E-state index contributed by atoms with van der Waals surface area (Å²) in [5.74, 6) is -1.40. The number of carbonyl (C=O) groups excluding carboxylic acids is 3. The van der Waals surface area contributed by atoms with Crippen LogP contribution in [0.2, 0.25) is 0 Å². The number of imide groups is 1. The first-order valence-corrected chi connectivity index (χ1v) is 10.7. The SMILES string of the molecule is COc1ccc(N2C(=O)C[C@H](N(CCc3ccc(OC)c(OC)c3)C(=O)/C=C\C(=O)O)C2=O)cc1. The number of amides is 3. The maximum absolute atomic E-state index is 13.3. The van der Waals surface area contributed by atoms with Crippen LogP contribution in [0.3, 0.4) is 0 Å². The molecule has 1 aliphatic heterocycles. The predicted octanol–water partition coefficient (Wildman–Crippen LogP) is 2.06. The van der Waals surface area contributed by atoms with E-state index in [0.717, 1.165) is 16.5 Å². The number of ether oxygens (including phenoxy) is 3. The molecule has 2 aromatic rings. The van der Waals surface area contributed by atoms with Crippen molar-refractivity contribution >= 4 is 29.4 Å². The molecule has 0 saturated carbocycles. The predicted molar refractivity (Wildman–Crippen MR) is 126 cm³/mol. The van der Waals surface area contributed by atoms with Gasteiger partial charge in [0.05, 0.1) is 33.4 Å². The van der Waals surface area contributed by atoms with Crippen molar-refractivity contribution in [3.63, 3.8) is 0 Å². The average Bonchev–Trinajstić information content (AvgIpc) is 3.15. The largest absolute Gasteiger partial charge is 0.497 e. The number of hydrogen-bond donors (Lipinski definition) is 1. The van der Waals surface area contributed by atoms with Crippen molar-refractivity contribution in [2.45, 2.75) is 18.9 Å². The molecule has 184 valence electrons. The van der Waals surface area contributed by atoms with E-state index in [0.29, 0.717) is 35.4 Å². The number of carboxylic acids is 1. The van der Waals surface area contributed by atoms with E-state index in [-0.39, 0.29) is 13.0 Å². The minimum absolute atomic E-state index is 0.0679. The molecule has 1 atom stereocenters. The molecule has 0 radical (unpaired) electrons. The van der Waals surface area contributed by atoms with E-state index < -0.39 is 29.7 Å². The van der Waals surface area contributed by atoms with Crippen LogP contribution in [-0.2, 0) is 25.6 Å². The van der Waals surface area contributed by atoms with Gasteiger partial charge in [0.1, 0.15) is 11.8 Å². The highest BCUT2D eigenvalue weighted by atomic mass is 16.5. The van der Waals surface area contributed by atoms with Crippen LogP contribution in [0.5, 0.6) is 17.2 Å². The first-order chi connectivity index (χ1) is 16.8. The number of carbonyl (C=O) groups is 4. The molecule has 10 heteroatoms. The minimum atomic E-state index is -1.30. The van der Waals surface area contributed by atoms with Crippen LogP contribution < -0.4 is 19.1 Å². The lowest BCUT2D eigenvalue weighted by molar-refractivity contribution is -0.135. The van der Waals surface area contributed by atoms with Gasteiger partial charge in [-0.2, -0.15) is 0 Å². The highest BCUT2D eigenvalue weighted by Gasteiger charge is 2.44. The number of aliphatic carboxylic acids is 1. The molecule has 0 aliphatic carbocycles. The summed E-state index contributed by atoms with van der Waals surface area (Å²) in [4.78, 5) is 52.1. The average molecular weight is 482 g/mol. The molecule has 1 fully saturated rings. The lowest BCUT2D eigenvalue weighted by atomic mass is 10.1. The molecule has 0 bridgehead atoms. The first-order valence-electron chi connectivity index (χ1n) is 10.7. The summed E-state index contributed by atoms with van der Waals surface area (Å²) < 4.78 is 15.7. The summed E-state index contributed by atoms with van der Waals surface area (Å²) in [6, 6.07) is 10.6. The van der Waals surface area contributed by atoms with E-state index in [1.807, 2.05) is 0 Å². The van der Waals surface area contributed by atoms with Gasteiger partial charge in [-0.15, -0.1) is 0 Å². The molecule has 0 aromatic heterocycles. The van der Waals surface area contributed by atoms with Crippen molar-refractivity contribution < 1.29 is 38.5 Å². The molecule has 0 unspecified atom stereocenters. The molecule has 1 N–H and O–H groups in total. The van der Waals surface area contributed by atoms with Crippen LogP contribution in [0, 0.1) is 0 Å². The molecule has 2 aromatic carbocycles. The van der Waals surface area contributed by atoms with E-state index in [1.54, 1.807) is 42.5 Å². The van der Waals surface area contributed by atoms with Gasteiger partial charge in [0.25, 0.3) is 5.91 Å². The number of hydrogen-bond acceptors (Lipinski definition) is 7. The molecule has 3 amide bonds. The van der Waals surface area contributed by atoms with Gasteiger partial charge in [0, 0.05) is 18.7 Å². The van der Waals surface area contributed by atoms with Crippen molar-refractivity contribution in [1.82, 2.24) is 4.90 Å². The topological polar surface area (TPSA) is 123 Å². The van der Waals surface area contributed by atoms with Gasteiger partial charge in [0.15, 0.2) is 11.5 Å². The normalized spacial score (nSPS) is 15.4. The molecule has 1 saturated heterocycles. The van der Waals surface area contributed by atoms with E-state index in [4.69, 9.17) is 19.3 Å². The van der Waals surface area contributed by atoms with Crippen molar-refractivity contribution in [2.75, 3.05) is 32.8 Å². The van der Waals surface area contributed by atoms with E-state index >= 15 is 0 Å². The van der Waals surface area contributed by atoms with Crippen molar-refractivity contribution in [2.24, 2.45) is 0 Å². The lowest BCUT2D eigenvalue weighted by Crippen LogP contribution is -2.46. The van der Waals surface area contributed by atoms with Gasteiger partial charge in [-0.1, -0.05) is 6.07 Å². The molecule has 0 spiro atoms. The molecule has 10 nitrogen and oxygen atoms in total. The van der Waals surface area contributed by atoms with Gasteiger partial charge in [-0.25, -0.2) is 9.69 Å². The van der Waals surface area contributed by atoms with E-state index in [2.05, 4.69) is 0 Å². The zero-order chi connectivity index (χ0) is 25.5. The van der Waals surface area contributed by atoms with E-state index in [9.17, 15) is 19.2 Å². The monoisotopic (exact) mass is 482 g/mol. The highest BCUT2D eigenvalue weighted by Crippen LogP contribution is 2.30. The number of benzene rings is 2. The second-order valence-electron chi connectivity index (χ2n) is 7.63. The maximum atomic E-state index is 13.3. The summed E-state index contributed by atoms with van der Waals surface area (Å²) in [5.41, 5.74) is 1.16. The van der Waals surface area contributed by atoms with Gasteiger partial charge in [-0.05, 0) is 48.4 Å². The summed E-state index contributed by atoms with van der Waals surface area (Å²) in [5, 5.41) is 8.93. The first kappa shape index (κ1) is 25.3. The minimum Gasteiger partial charge on any atom is -0.497 e. The van der Waals surface area contributed by atoms with Crippen LogP contribution in [0.15, 0.2) is 54.6 Å². The zero-order valence-corrected chi connectivity index (χ0v) is 19.6. The van der Waals surface area contributed by atoms with Crippen molar-refractivity contribution in [1.29, 1.82) is 0 Å². The molecule has 1 aliphatic rings. The van der Waals surface area contributed by atoms with Crippen molar-refractivity contribution in [3.05, 3.63) is 60.2 Å². The number of carboxylic acid groups (broad SMARTS) is 1. The van der Waals surface area contributed by atoms with E-state index in [1.165, 1.54) is 26.2 Å². The molecule has 3 rings (SSSR count). The number of anilines is 1. The number of methoxy groups -OCH3 is 3. The lowest BCUT2D eigenvalue weighted by Gasteiger charge is -2.27. The zero-order valence-electron chi connectivity index (χ0n) is 19.6. The fourth-order valence-corrected chi connectivity index (χ4v) is 3.81. The third kappa shape index (κ3) is 5.78. The second kappa shape index (κ2) is 11.2. The quantitative estimate of drug-likeness (QED) is 0.403. The van der Waals surface area contributed by atoms with Gasteiger partial charge in [0.2, 0.25) is 11.8 Å². The molecular weight excluding hydrogens is 456 g/mol. The van der Waals surface area contributed by atoms with Crippen LogP contribution in [-0.4, -0.2) is 67.6 Å². The third-order valence-corrected chi connectivity index (χ3v) is 5.57. The molecular formula is C25H26N2O8. The number of rotatable bonds is 10. The summed E-state index contributed by atoms with van der Waals surface area (Å²) in [7, 11) is 4.53. The Bertz CT molecular complexity index is 1140. The van der Waals surface area contributed by atoms with Crippen LogP contribution in [0.1, 0.15) is 12.0 Å². The fourth-order valence-electron chi connectivity index (χ4n) is 3.81. The maximum Gasteiger partial charge on any atom is 0.328 e. The van der Waals surface area contributed by atoms with Crippen LogP contribution in [0.25, 0.3) is 0 Å². The van der Waals surface area contributed by atoms with Crippen LogP contribution in [0.4, 0.5) is 5.69 Å². The standard InChI is InChI=1S/C25H26N2O8/c1-33-18-7-5-17(6-8-18)27-23(29)15-19(25(27)32)26(22(28)10-11-24(30)31)13-12-16-4-9-20(34-2)21(14-16)35-3/h4-11,14,19H,12-13,15H2,1-3H3,(H,30,31)/b11-10-/t19-/m0/s1. The number of nitrogens with zero attached hydrogens (tertiary/aromatic N) is 2. The van der Waals surface area contributed by atoms with Gasteiger partial charge < -0.3 is 24.2 Å². The van der Waals surface area contributed by atoms with Crippen LogP contribution >= 0.6 is 0 Å². The Morgan fingerprint density at radius 2 is 1.69 bits per heavy atom. The third-order valence-electron chi connectivity index (χ3n) is 5.57.